The number of hydrogen-bond donors (Lipinski definition) is 2. The normalized spacial score (nSPS) is 10.3. The lowest BCUT2D eigenvalue weighted by molar-refractivity contribution is 0.102. The highest BCUT2D eigenvalue weighted by molar-refractivity contribution is 6.13. The number of hydrogen-bond acceptors (Lipinski definition) is 3. The van der Waals surface area contributed by atoms with Crippen LogP contribution in [0.4, 0.5) is 11.4 Å². The van der Waals surface area contributed by atoms with Crippen molar-refractivity contribution < 1.29 is 14.3 Å². The van der Waals surface area contributed by atoms with Gasteiger partial charge >= 0.3 is 0 Å². The van der Waals surface area contributed by atoms with Crippen LogP contribution in [0.5, 0.6) is 11.5 Å². The lowest BCUT2D eigenvalue weighted by Gasteiger charge is -2.14. The van der Waals surface area contributed by atoms with Gasteiger partial charge in [0.05, 0.1) is 16.8 Å². The molecule has 0 unspecified atom stereocenters. The van der Waals surface area contributed by atoms with Gasteiger partial charge in [-0.25, -0.2) is 0 Å². The predicted octanol–water partition coefficient (Wildman–Crippen LogP) is 6.29. The van der Waals surface area contributed by atoms with Gasteiger partial charge in [-0.2, -0.15) is 0 Å². The van der Waals surface area contributed by atoms with E-state index in [1.165, 1.54) is 0 Å². The molecule has 0 atom stereocenters. The second kappa shape index (κ2) is 9.62. The summed E-state index contributed by atoms with van der Waals surface area (Å²) in [6.45, 7) is 1.92. The molecule has 5 heteroatoms. The third kappa shape index (κ3) is 4.84. The molecule has 0 fully saturated rings. The molecule has 0 aromatic heterocycles. The molecule has 2 N–H and O–H groups in total. The van der Waals surface area contributed by atoms with Crippen LogP contribution in [0, 0.1) is 6.92 Å². The van der Waals surface area contributed by atoms with E-state index in [0.29, 0.717) is 28.3 Å². The molecule has 0 bridgehead atoms. The van der Waals surface area contributed by atoms with Crippen LogP contribution in [0.2, 0.25) is 0 Å². The van der Waals surface area contributed by atoms with Crippen molar-refractivity contribution in [2.45, 2.75) is 6.92 Å². The van der Waals surface area contributed by atoms with Crippen LogP contribution in [-0.4, -0.2) is 11.8 Å². The first kappa shape index (κ1) is 20.9. The molecule has 2 amide bonds. The van der Waals surface area contributed by atoms with Crippen molar-refractivity contribution in [3.63, 3.8) is 0 Å². The van der Waals surface area contributed by atoms with Crippen LogP contribution in [0.25, 0.3) is 0 Å². The van der Waals surface area contributed by atoms with Crippen LogP contribution in [0.15, 0.2) is 103 Å². The van der Waals surface area contributed by atoms with Gasteiger partial charge in [0.1, 0.15) is 11.5 Å². The average Bonchev–Trinajstić information content (AvgIpc) is 2.82. The fraction of sp³-hybridized carbons (Fsp3) is 0.0370. The molecule has 32 heavy (non-hydrogen) atoms. The summed E-state index contributed by atoms with van der Waals surface area (Å²) in [7, 11) is 0. The summed E-state index contributed by atoms with van der Waals surface area (Å²) >= 11 is 0. The van der Waals surface area contributed by atoms with Crippen molar-refractivity contribution in [3.05, 3.63) is 120 Å². The molecular formula is C27H22N2O3. The Labute approximate surface area is 186 Å². The first-order valence-electron chi connectivity index (χ1n) is 10.2. The number of para-hydroxylation sites is 4. The molecule has 4 rings (SSSR count). The van der Waals surface area contributed by atoms with Gasteiger partial charge in [0.15, 0.2) is 0 Å². The topological polar surface area (TPSA) is 67.4 Å². The Balaban J connectivity index is 1.56. The van der Waals surface area contributed by atoms with Crippen molar-refractivity contribution >= 4 is 23.2 Å². The SMILES string of the molecule is Cc1ccccc1NC(=O)c1ccccc1NC(=O)c1ccccc1Oc1ccccc1. The molecule has 4 aromatic rings. The zero-order chi connectivity index (χ0) is 22.3. The Bertz CT molecular complexity index is 1250. The number of nitrogens with one attached hydrogen (secondary N) is 2. The molecule has 4 aromatic carbocycles. The highest BCUT2D eigenvalue weighted by Gasteiger charge is 2.17. The minimum Gasteiger partial charge on any atom is -0.457 e. The Morgan fingerprint density at radius 3 is 1.88 bits per heavy atom. The van der Waals surface area contributed by atoms with Gasteiger partial charge in [-0.3, -0.25) is 9.59 Å². The van der Waals surface area contributed by atoms with Gasteiger partial charge in [-0.1, -0.05) is 60.7 Å². The minimum absolute atomic E-state index is 0.302. The minimum atomic E-state index is -0.368. The number of anilines is 2. The number of rotatable bonds is 6. The van der Waals surface area contributed by atoms with E-state index in [4.69, 9.17) is 4.74 Å². The third-order valence-corrected chi connectivity index (χ3v) is 4.92. The maximum atomic E-state index is 13.1. The largest absolute Gasteiger partial charge is 0.457 e. The molecule has 0 saturated carbocycles. The Morgan fingerprint density at radius 1 is 0.594 bits per heavy atom. The first-order chi connectivity index (χ1) is 15.6. The van der Waals surface area contributed by atoms with Gasteiger partial charge < -0.3 is 15.4 Å². The number of aryl methyl sites for hydroxylation is 1. The Morgan fingerprint density at radius 2 is 1.12 bits per heavy atom. The summed E-state index contributed by atoms with van der Waals surface area (Å²) in [6, 6.07) is 30.7. The molecule has 158 valence electrons. The third-order valence-electron chi connectivity index (χ3n) is 4.92. The monoisotopic (exact) mass is 422 g/mol. The summed E-state index contributed by atoms with van der Waals surface area (Å²) < 4.78 is 5.90. The molecule has 0 heterocycles. The van der Waals surface area contributed by atoms with Crippen LogP contribution in [0.1, 0.15) is 26.3 Å². The fourth-order valence-corrected chi connectivity index (χ4v) is 3.24. The summed E-state index contributed by atoms with van der Waals surface area (Å²) in [5.41, 5.74) is 2.82. The van der Waals surface area contributed by atoms with Crippen LogP contribution < -0.4 is 15.4 Å². The maximum Gasteiger partial charge on any atom is 0.259 e. The zero-order valence-corrected chi connectivity index (χ0v) is 17.5. The van der Waals surface area contributed by atoms with Crippen LogP contribution >= 0.6 is 0 Å². The molecule has 0 aliphatic carbocycles. The summed E-state index contributed by atoms with van der Waals surface area (Å²) in [6.07, 6.45) is 0. The van der Waals surface area contributed by atoms with E-state index in [0.717, 1.165) is 11.3 Å². The number of ether oxygens (including phenoxy) is 1. The summed E-state index contributed by atoms with van der Waals surface area (Å²) in [4.78, 5) is 26.0. The quantitative estimate of drug-likeness (QED) is 0.384. The van der Waals surface area contributed by atoms with Gasteiger partial charge in [-0.15, -0.1) is 0 Å². The Hall–Kier alpha value is -4.38. The van der Waals surface area contributed by atoms with Gasteiger partial charge in [0.2, 0.25) is 0 Å². The smallest absolute Gasteiger partial charge is 0.259 e. The van der Waals surface area contributed by atoms with E-state index in [9.17, 15) is 9.59 Å². The van der Waals surface area contributed by atoms with E-state index in [-0.39, 0.29) is 11.8 Å². The van der Waals surface area contributed by atoms with Crippen molar-refractivity contribution in [2.75, 3.05) is 10.6 Å². The summed E-state index contributed by atoms with van der Waals surface area (Å²) in [5.74, 6) is 0.389. The number of benzene rings is 4. The van der Waals surface area contributed by atoms with Crippen molar-refractivity contribution in [2.24, 2.45) is 0 Å². The van der Waals surface area contributed by atoms with Crippen LogP contribution in [0.3, 0.4) is 0 Å². The van der Waals surface area contributed by atoms with Crippen molar-refractivity contribution in [1.29, 1.82) is 0 Å². The molecule has 0 aliphatic heterocycles. The average molecular weight is 422 g/mol. The molecule has 0 saturated heterocycles. The number of amides is 2. The highest BCUT2D eigenvalue weighted by atomic mass is 16.5. The lowest BCUT2D eigenvalue weighted by atomic mass is 10.1. The van der Waals surface area contributed by atoms with E-state index >= 15 is 0 Å². The van der Waals surface area contributed by atoms with E-state index < -0.39 is 0 Å². The predicted molar refractivity (Wildman–Crippen MR) is 126 cm³/mol. The van der Waals surface area contributed by atoms with Crippen molar-refractivity contribution in [3.8, 4) is 11.5 Å². The second-order valence-corrected chi connectivity index (χ2v) is 7.18. The van der Waals surface area contributed by atoms with E-state index in [1.807, 2.05) is 61.5 Å². The first-order valence-corrected chi connectivity index (χ1v) is 10.2. The number of carbonyl (C=O) groups is 2. The van der Waals surface area contributed by atoms with Crippen LogP contribution in [-0.2, 0) is 0 Å². The van der Waals surface area contributed by atoms with E-state index in [2.05, 4.69) is 10.6 Å². The molecule has 5 nitrogen and oxygen atoms in total. The zero-order valence-electron chi connectivity index (χ0n) is 17.5. The van der Waals surface area contributed by atoms with Crippen molar-refractivity contribution in [1.82, 2.24) is 0 Å². The molecular weight excluding hydrogens is 400 g/mol. The van der Waals surface area contributed by atoms with Gasteiger partial charge in [-0.05, 0) is 55.0 Å². The van der Waals surface area contributed by atoms with Gasteiger partial charge in [0.25, 0.3) is 11.8 Å². The van der Waals surface area contributed by atoms with E-state index in [1.54, 1.807) is 48.5 Å². The molecule has 0 radical (unpaired) electrons. The maximum absolute atomic E-state index is 13.1. The molecule has 0 aliphatic rings. The molecule has 0 spiro atoms. The lowest BCUT2D eigenvalue weighted by Crippen LogP contribution is -2.19. The van der Waals surface area contributed by atoms with Gasteiger partial charge in [0, 0.05) is 5.69 Å². The second-order valence-electron chi connectivity index (χ2n) is 7.18. The standard InChI is InChI=1S/C27H22N2O3/c1-19-11-5-8-16-23(19)28-26(30)21-14-6-9-17-24(21)29-27(31)22-15-7-10-18-25(22)32-20-12-3-2-4-13-20/h2-18H,1H3,(H,28,30)(H,29,31). The fourth-order valence-electron chi connectivity index (χ4n) is 3.24. The highest BCUT2D eigenvalue weighted by Crippen LogP contribution is 2.27. The number of carbonyl (C=O) groups excluding carboxylic acids is 2. The summed E-state index contributed by atoms with van der Waals surface area (Å²) in [5, 5.41) is 5.76. The Kier molecular flexibility index (Phi) is 6.28.